The van der Waals surface area contributed by atoms with Gasteiger partial charge in [-0.2, -0.15) is 0 Å². The van der Waals surface area contributed by atoms with Crippen molar-refractivity contribution in [1.82, 2.24) is 15.3 Å². The summed E-state index contributed by atoms with van der Waals surface area (Å²) in [7, 11) is 0. The fraction of sp³-hybridized carbons (Fsp3) is 0.333. The number of rotatable bonds is 14. The van der Waals surface area contributed by atoms with Crippen molar-refractivity contribution in [2.45, 2.75) is 51.5 Å². The van der Waals surface area contributed by atoms with Crippen LogP contribution in [-0.4, -0.2) is 40.2 Å². The molecule has 1 aromatic heterocycles. The van der Waals surface area contributed by atoms with Gasteiger partial charge in [0.15, 0.2) is 5.78 Å². The van der Waals surface area contributed by atoms with E-state index in [1.54, 1.807) is 36.7 Å². The number of Topliss-reactive ketones (excluding diaryl/α,β-unsaturated/α-hetero) is 1. The molecule has 0 bridgehead atoms. The summed E-state index contributed by atoms with van der Waals surface area (Å²) in [4.78, 5) is 44.5. The number of amides is 2. The number of imidazole rings is 1. The minimum Gasteiger partial charge on any atom is -0.494 e. The van der Waals surface area contributed by atoms with Crippen molar-refractivity contribution in [3.05, 3.63) is 78.1 Å². The van der Waals surface area contributed by atoms with E-state index in [1.807, 2.05) is 30.3 Å². The lowest BCUT2D eigenvalue weighted by Crippen LogP contribution is -2.39. The van der Waals surface area contributed by atoms with Crippen LogP contribution in [0.2, 0.25) is 0 Å². The number of ether oxygens (including phenoxy) is 1. The average molecular weight is 477 g/mol. The highest BCUT2D eigenvalue weighted by Gasteiger charge is 2.19. The van der Waals surface area contributed by atoms with E-state index in [0.717, 1.165) is 24.2 Å². The molecule has 0 unspecified atom stereocenters. The Kier molecular flexibility index (Phi) is 10.0. The Morgan fingerprint density at radius 3 is 2.46 bits per heavy atom. The Bertz CT molecular complexity index is 1070. The van der Waals surface area contributed by atoms with E-state index in [2.05, 4.69) is 27.5 Å². The van der Waals surface area contributed by atoms with Gasteiger partial charge < -0.3 is 15.0 Å². The number of benzene rings is 2. The number of H-pyrrole nitrogens is 1. The van der Waals surface area contributed by atoms with Crippen LogP contribution in [0.4, 0.5) is 5.95 Å². The Labute approximate surface area is 205 Å². The summed E-state index contributed by atoms with van der Waals surface area (Å²) in [6, 6.07) is 16.2. The molecule has 0 aliphatic heterocycles. The highest BCUT2D eigenvalue weighted by atomic mass is 16.5. The van der Waals surface area contributed by atoms with Gasteiger partial charge >= 0.3 is 0 Å². The molecule has 2 aromatic carbocycles. The Morgan fingerprint density at radius 2 is 1.77 bits per heavy atom. The lowest BCUT2D eigenvalue weighted by atomic mass is 10.0. The number of carbonyl (C=O) groups excluding carboxylic acids is 3. The predicted octanol–water partition coefficient (Wildman–Crippen LogP) is 4.31. The maximum atomic E-state index is 12.6. The first-order valence-electron chi connectivity index (χ1n) is 11.9. The van der Waals surface area contributed by atoms with Crippen molar-refractivity contribution in [2.24, 2.45) is 0 Å². The molecule has 1 atom stereocenters. The van der Waals surface area contributed by atoms with Gasteiger partial charge in [-0.25, -0.2) is 4.98 Å². The summed E-state index contributed by atoms with van der Waals surface area (Å²) < 4.78 is 5.62. The van der Waals surface area contributed by atoms with Gasteiger partial charge in [0.25, 0.3) is 0 Å². The molecule has 0 fully saturated rings. The SMILES string of the molecule is CCCCOc1ccc(C(=O)CCC(=O)N[C@H](CC(=O)Nc2ncc[nH]2)Cc2ccccc2)cc1. The second kappa shape index (κ2) is 13.7. The van der Waals surface area contributed by atoms with Gasteiger partial charge in [0.05, 0.1) is 6.61 Å². The van der Waals surface area contributed by atoms with E-state index in [1.165, 1.54) is 0 Å². The van der Waals surface area contributed by atoms with Crippen molar-refractivity contribution >= 4 is 23.5 Å². The molecule has 0 radical (unpaired) electrons. The van der Waals surface area contributed by atoms with Gasteiger partial charge in [0.2, 0.25) is 17.8 Å². The third-order valence-corrected chi connectivity index (χ3v) is 5.40. The number of aromatic amines is 1. The lowest BCUT2D eigenvalue weighted by Gasteiger charge is -2.18. The van der Waals surface area contributed by atoms with Crippen LogP contribution in [0.5, 0.6) is 5.75 Å². The summed E-state index contributed by atoms with van der Waals surface area (Å²) in [5.41, 5.74) is 1.54. The molecule has 0 saturated heterocycles. The molecule has 2 amide bonds. The quantitative estimate of drug-likeness (QED) is 0.237. The minimum atomic E-state index is -0.422. The first kappa shape index (κ1) is 25.7. The topological polar surface area (TPSA) is 113 Å². The fourth-order valence-electron chi connectivity index (χ4n) is 3.56. The molecule has 184 valence electrons. The maximum Gasteiger partial charge on any atom is 0.228 e. The standard InChI is InChI=1S/C27H32N4O4/c1-2-3-17-35-23-11-9-21(10-12-23)24(32)13-14-25(33)30-22(18-20-7-5-4-6-8-20)19-26(34)31-27-28-15-16-29-27/h4-12,15-16,22H,2-3,13-14,17-19H2,1H3,(H,30,33)(H2,28,29,31,34)/t22-/m0/s1. The molecule has 0 saturated carbocycles. The van der Waals surface area contributed by atoms with Gasteiger partial charge in [0.1, 0.15) is 5.75 Å². The summed E-state index contributed by atoms with van der Waals surface area (Å²) in [5, 5.41) is 5.60. The summed E-state index contributed by atoms with van der Waals surface area (Å²) in [6.45, 7) is 2.74. The molecule has 35 heavy (non-hydrogen) atoms. The third-order valence-electron chi connectivity index (χ3n) is 5.40. The van der Waals surface area contributed by atoms with E-state index in [-0.39, 0.29) is 36.9 Å². The Morgan fingerprint density at radius 1 is 1.00 bits per heavy atom. The molecular formula is C27H32N4O4. The van der Waals surface area contributed by atoms with Crippen LogP contribution in [0.3, 0.4) is 0 Å². The highest BCUT2D eigenvalue weighted by molar-refractivity contribution is 5.98. The molecule has 8 nitrogen and oxygen atoms in total. The summed E-state index contributed by atoms with van der Waals surface area (Å²) in [5.74, 6) is 0.426. The number of anilines is 1. The fourth-order valence-corrected chi connectivity index (χ4v) is 3.56. The van der Waals surface area contributed by atoms with Gasteiger partial charge in [0, 0.05) is 43.3 Å². The van der Waals surface area contributed by atoms with Crippen molar-refractivity contribution in [3.8, 4) is 5.75 Å². The van der Waals surface area contributed by atoms with Crippen molar-refractivity contribution in [3.63, 3.8) is 0 Å². The lowest BCUT2D eigenvalue weighted by molar-refractivity contribution is -0.122. The number of aromatic nitrogens is 2. The molecule has 1 heterocycles. The van der Waals surface area contributed by atoms with Crippen molar-refractivity contribution < 1.29 is 19.1 Å². The average Bonchev–Trinajstić information content (AvgIpc) is 3.36. The van der Waals surface area contributed by atoms with Gasteiger partial charge in [-0.15, -0.1) is 0 Å². The van der Waals surface area contributed by atoms with E-state index in [9.17, 15) is 14.4 Å². The second-order valence-corrected chi connectivity index (χ2v) is 8.29. The normalized spacial score (nSPS) is 11.5. The van der Waals surface area contributed by atoms with Crippen molar-refractivity contribution in [2.75, 3.05) is 11.9 Å². The first-order valence-corrected chi connectivity index (χ1v) is 11.9. The zero-order valence-corrected chi connectivity index (χ0v) is 20.0. The van der Waals surface area contributed by atoms with Crippen LogP contribution in [-0.2, 0) is 16.0 Å². The summed E-state index contributed by atoms with van der Waals surface area (Å²) >= 11 is 0. The van der Waals surface area contributed by atoms with Crippen LogP contribution in [0, 0.1) is 0 Å². The largest absolute Gasteiger partial charge is 0.494 e. The molecule has 3 N–H and O–H groups in total. The molecule has 8 heteroatoms. The number of ketones is 1. The van der Waals surface area contributed by atoms with Crippen LogP contribution in [0.15, 0.2) is 67.0 Å². The van der Waals surface area contributed by atoms with Crippen LogP contribution < -0.4 is 15.4 Å². The predicted molar refractivity (Wildman–Crippen MR) is 134 cm³/mol. The zero-order valence-electron chi connectivity index (χ0n) is 20.0. The van der Waals surface area contributed by atoms with E-state index in [4.69, 9.17) is 4.74 Å². The van der Waals surface area contributed by atoms with Crippen LogP contribution in [0.1, 0.15) is 54.9 Å². The van der Waals surface area contributed by atoms with Gasteiger partial charge in [-0.3, -0.25) is 19.7 Å². The number of hydrogen-bond acceptors (Lipinski definition) is 5. The smallest absolute Gasteiger partial charge is 0.228 e. The Balaban J connectivity index is 1.52. The number of nitrogens with one attached hydrogen (secondary N) is 3. The molecular weight excluding hydrogens is 444 g/mol. The van der Waals surface area contributed by atoms with E-state index < -0.39 is 6.04 Å². The maximum absolute atomic E-state index is 12.6. The number of carbonyl (C=O) groups is 3. The Hall–Kier alpha value is -3.94. The zero-order chi connectivity index (χ0) is 24.9. The number of nitrogens with zero attached hydrogens (tertiary/aromatic N) is 1. The third kappa shape index (κ3) is 9.08. The summed E-state index contributed by atoms with van der Waals surface area (Å²) in [6.07, 6.45) is 5.88. The first-order chi connectivity index (χ1) is 17.0. The molecule has 3 rings (SSSR count). The van der Waals surface area contributed by atoms with Crippen LogP contribution >= 0.6 is 0 Å². The van der Waals surface area contributed by atoms with Crippen molar-refractivity contribution in [1.29, 1.82) is 0 Å². The molecule has 0 aliphatic rings. The second-order valence-electron chi connectivity index (χ2n) is 8.29. The highest BCUT2D eigenvalue weighted by Crippen LogP contribution is 2.15. The number of unbranched alkanes of at least 4 members (excludes halogenated alkanes) is 1. The molecule has 0 aliphatic carbocycles. The van der Waals surface area contributed by atoms with Crippen LogP contribution in [0.25, 0.3) is 0 Å². The van der Waals surface area contributed by atoms with Gasteiger partial charge in [-0.05, 0) is 42.7 Å². The molecule has 0 spiro atoms. The minimum absolute atomic E-state index is 0.0404. The van der Waals surface area contributed by atoms with Gasteiger partial charge in [-0.1, -0.05) is 43.7 Å². The van der Waals surface area contributed by atoms with E-state index >= 15 is 0 Å². The van der Waals surface area contributed by atoms with E-state index in [0.29, 0.717) is 24.5 Å². The number of hydrogen-bond donors (Lipinski definition) is 3. The molecule has 3 aromatic rings. The monoisotopic (exact) mass is 476 g/mol.